The highest BCUT2D eigenvalue weighted by molar-refractivity contribution is 7.93. The highest BCUT2D eigenvalue weighted by Gasteiger charge is 2.52. The van der Waals surface area contributed by atoms with Crippen LogP contribution in [0.2, 0.25) is 5.02 Å². The summed E-state index contributed by atoms with van der Waals surface area (Å²) in [5, 5.41) is 7.57. The zero-order chi connectivity index (χ0) is 19.5. The summed E-state index contributed by atoms with van der Waals surface area (Å²) in [6.07, 6.45) is 3.25. The number of carbonyl (C=O) groups is 2. The van der Waals surface area contributed by atoms with Crippen LogP contribution in [0.5, 0.6) is 0 Å². The van der Waals surface area contributed by atoms with Crippen molar-refractivity contribution in [1.29, 1.82) is 0 Å². The van der Waals surface area contributed by atoms with Gasteiger partial charge in [0.2, 0.25) is 11.8 Å². The van der Waals surface area contributed by atoms with Crippen molar-refractivity contribution in [3.8, 4) is 0 Å². The maximum Gasteiger partial charge on any atom is 0.245 e. The van der Waals surface area contributed by atoms with Gasteiger partial charge in [0.1, 0.15) is 0 Å². The van der Waals surface area contributed by atoms with Crippen LogP contribution in [0, 0.1) is 0 Å². The lowest BCUT2D eigenvalue weighted by molar-refractivity contribution is -0.126. The zero-order valence-corrected chi connectivity index (χ0v) is 16.7. The maximum absolute atomic E-state index is 13.2. The number of benzene rings is 1. The third kappa shape index (κ3) is 3.99. The molecule has 1 aliphatic carbocycles. The first-order valence-corrected chi connectivity index (χ1v) is 11.1. The molecule has 2 N–H and O–H groups in total. The number of anilines is 1. The molecular weight excluding hydrogens is 410 g/mol. The minimum Gasteiger partial charge on any atom is -0.346 e. The predicted octanol–water partition coefficient (Wildman–Crippen LogP) is 2.64. The van der Waals surface area contributed by atoms with Crippen LogP contribution < -0.4 is 10.6 Å². The standard InChI is InChI=1S/C17H18ClN3O4S2/c18-12-3-5-13(6-4-12)27(24,25)17(7-1-2-8-17)15(23)20-11-14(22)21-16-19-9-10-26-16/h3-6,9-10H,1-2,7-8,11H2,(H,20,23)(H,19,21,22). The van der Waals surface area contributed by atoms with Crippen molar-refractivity contribution in [3.05, 3.63) is 40.9 Å². The van der Waals surface area contributed by atoms with Gasteiger partial charge in [-0.15, -0.1) is 11.3 Å². The van der Waals surface area contributed by atoms with Crippen molar-refractivity contribution < 1.29 is 18.0 Å². The Kier molecular flexibility index (Phi) is 5.83. The molecule has 0 radical (unpaired) electrons. The van der Waals surface area contributed by atoms with E-state index in [1.54, 1.807) is 11.6 Å². The number of amides is 2. The fourth-order valence-electron chi connectivity index (χ4n) is 3.17. The van der Waals surface area contributed by atoms with E-state index in [0.717, 1.165) is 0 Å². The van der Waals surface area contributed by atoms with Gasteiger partial charge in [0.15, 0.2) is 19.7 Å². The summed E-state index contributed by atoms with van der Waals surface area (Å²) in [5.41, 5.74) is 0. The molecule has 1 aromatic carbocycles. The predicted molar refractivity (Wildman–Crippen MR) is 104 cm³/mol. The number of nitrogens with zero attached hydrogens (tertiary/aromatic N) is 1. The maximum atomic E-state index is 13.2. The van der Waals surface area contributed by atoms with Gasteiger partial charge < -0.3 is 10.6 Å². The molecule has 1 heterocycles. The molecule has 0 spiro atoms. The molecule has 0 bridgehead atoms. The Bertz CT molecular complexity index is 922. The molecular formula is C17H18ClN3O4S2. The van der Waals surface area contributed by atoms with Gasteiger partial charge >= 0.3 is 0 Å². The number of aromatic nitrogens is 1. The second kappa shape index (κ2) is 7.95. The Morgan fingerprint density at radius 2 is 1.85 bits per heavy atom. The topological polar surface area (TPSA) is 105 Å². The highest BCUT2D eigenvalue weighted by Crippen LogP contribution is 2.41. The average molecular weight is 428 g/mol. The summed E-state index contributed by atoms with van der Waals surface area (Å²) in [7, 11) is -3.93. The monoisotopic (exact) mass is 427 g/mol. The second-order valence-corrected chi connectivity index (χ2v) is 9.82. The molecule has 1 aliphatic rings. The fourth-order valence-corrected chi connectivity index (χ4v) is 5.93. The van der Waals surface area contributed by atoms with Crippen molar-refractivity contribution in [2.75, 3.05) is 11.9 Å². The molecule has 3 rings (SSSR count). The second-order valence-electron chi connectivity index (χ2n) is 6.23. The number of nitrogens with one attached hydrogen (secondary N) is 2. The van der Waals surface area contributed by atoms with Gasteiger partial charge in [-0.25, -0.2) is 13.4 Å². The molecule has 10 heteroatoms. The fraction of sp³-hybridized carbons (Fsp3) is 0.353. The average Bonchev–Trinajstić information content (AvgIpc) is 3.32. The Morgan fingerprint density at radius 3 is 2.44 bits per heavy atom. The first kappa shape index (κ1) is 19.8. The van der Waals surface area contributed by atoms with Crippen LogP contribution in [0.3, 0.4) is 0 Å². The van der Waals surface area contributed by atoms with E-state index >= 15 is 0 Å². The van der Waals surface area contributed by atoms with E-state index in [0.29, 0.717) is 23.0 Å². The van der Waals surface area contributed by atoms with Crippen LogP contribution in [-0.2, 0) is 19.4 Å². The lowest BCUT2D eigenvalue weighted by atomic mass is 10.1. The largest absolute Gasteiger partial charge is 0.346 e. The molecule has 0 atom stereocenters. The van der Waals surface area contributed by atoms with E-state index in [1.807, 2.05) is 0 Å². The first-order chi connectivity index (χ1) is 12.8. The molecule has 1 aromatic heterocycles. The van der Waals surface area contributed by atoms with E-state index in [2.05, 4.69) is 15.6 Å². The summed E-state index contributed by atoms with van der Waals surface area (Å²) in [4.78, 5) is 28.8. The van der Waals surface area contributed by atoms with Crippen molar-refractivity contribution in [1.82, 2.24) is 10.3 Å². The summed E-state index contributed by atoms with van der Waals surface area (Å²) >= 11 is 7.09. The van der Waals surface area contributed by atoms with Gasteiger partial charge in [0.05, 0.1) is 11.4 Å². The number of thiazole rings is 1. The van der Waals surface area contributed by atoms with Crippen LogP contribution in [0.15, 0.2) is 40.7 Å². The number of rotatable bonds is 6. The minimum absolute atomic E-state index is 0.0520. The Balaban J connectivity index is 1.76. The van der Waals surface area contributed by atoms with Crippen LogP contribution in [0.1, 0.15) is 25.7 Å². The minimum atomic E-state index is -3.93. The summed E-state index contributed by atoms with van der Waals surface area (Å²) in [6.45, 7) is -0.323. The van der Waals surface area contributed by atoms with Gasteiger partial charge in [0.25, 0.3) is 0 Å². The van der Waals surface area contributed by atoms with Gasteiger partial charge in [-0.2, -0.15) is 0 Å². The van der Waals surface area contributed by atoms with Crippen molar-refractivity contribution >= 4 is 49.7 Å². The molecule has 27 heavy (non-hydrogen) atoms. The smallest absolute Gasteiger partial charge is 0.245 e. The van der Waals surface area contributed by atoms with E-state index in [9.17, 15) is 18.0 Å². The first-order valence-electron chi connectivity index (χ1n) is 8.33. The molecule has 144 valence electrons. The Morgan fingerprint density at radius 1 is 1.19 bits per heavy atom. The number of hydrogen-bond acceptors (Lipinski definition) is 6. The third-order valence-corrected chi connectivity index (χ3v) is 8.01. The van der Waals surface area contributed by atoms with Crippen LogP contribution in [0.25, 0.3) is 0 Å². The van der Waals surface area contributed by atoms with E-state index in [4.69, 9.17) is 11.6 Å². The quantitative estimate of drug-likeness (QED) is 0.737. The van der Waals surface area contributed by atoms with Gasteiger partial charge in [-0.3, -0.25) is 9.59 Å². The highest BCUT2D eigenvalue weighted by atomic mass is 35.5. The number of halogens is 1. The number of hydrogen-bond donors (Lipinski definition) is 2. The number of sulfone groups is 1. The normalized spacial score (nSPS) is 16.0. The van der Waals surface area contributed by atoms with Crippen molar-refractivity contribution in [2.24, 2.45) is 0 Å². The van der Waals surface area contributed by atoms with Crippen LogP contribution in [0.4, 0.5) is 5.13 Å². The molecule has 2 amide bonds. The van der Waals surface area contributed by atoms with Crippen molar-refractivity contribution in [2.45, 2.75) is 35.3 Å². The van der Waals surface area contributed by atoms with E-state index in [1.165, 1.54) is 35.6 Å². The molecule has 0 unspecified atom stereocenters. The van der Waals surface area contributed by atoms with Gasteiger partial charge in [0, 0.05) is 16.6 Å². The molecule has 0 aliphatic heterocycles. The molecule has 0 saturated heterocycles. The summed E-state index contributed by atoms with van der Waals surface area (Å²) in [5.74, 6) is -1.11. The lowest BCUT2D eigenvalue weighted by Crippen LogP contribution is -2.52. The van der Waals surface area contributed by atoms with Crippen molar-refractivity contribution in [3.63, 3.8) is 0 Å². The zero-order valence-electron chi connectivity index (χ0n) is 14.3. The third-order valence-electron chi connectivity index (χ3n) is 4.55. The Labute approximate surface area is 166 Å². The van der Waals surface area contributed by atoms with Gasteiger partial charge in [-0.05, 0) is 37.1 Å². The van der Waals surface area contributed by atoms with Gasteiger partial charge in [-0.1, -0.05) is 24.4 Å². The molecule has 1 saturated carbocycles. The van der Waals surface area contributed by atoms with Crippen LogP contribution >= 0.6 is 22.9 Å². The Hall–Kier alpha value is -1.97. The molecule has 7 nitrogen and oxygen atoms in total. The molecule has 1 fully saturated rings. The summed E-state index contributed by atoms with van der Waals surface area (Å²) in [6, 6.07) is 5.77. The molecule has 2 aromatic rings. The van der Waals surface area contributed by atoms with Crippen LogP contribution in [-0.4, -0.2) is 36.5 Å². The van der Waals surface area contributed by atoms with E-state index < -0.39 is 26.4 Å². The SMILES string of the molecule is O=C(CNC(=O)C1(S(=O)(=O)c2ccc(Cl)cc2)CCCC1)Nc1nccs1. The van der Waals surface area contributed by atoms with E-state index in [-0.39, 0.29) is 24.3 Å². The number of carbonyl (C=O) groups excluding carboxylic acids is 2. The lowest BCUT2D eigenvalue weighted by Gasteiger charge is -2.27. The summed E-state index contributed by atoms with van der Waals surface area (Å²) < 4.78 is 24.8.